The van der Waals surface area contributed by atoms with E-state index in [2.05, 4.69) is 19.1 Å². The maximum atomic E-state index is 5.86. The zero-order valence-corrected chi connectivity index (χ0v) is 5.86. The third kappa shape index (κ3) is 1.52. The van der Waals surface area contributed by atoms with Crippen LogP contribution in [0.15, 0.2) is 12.2 Å². The van der Waals surface area contributed by atoms with Crippen LogP contribution in [0.5, 0.6) is 0 Å². The molecule has 0 N–H and O–H groups in total. The van der Waals surface area contributed by atoms with Gasteiger partial charge < -0.3 is 0 Å². The van der Waals surface area contributed by atoms with Crippen molar-refractivity contribution in [3.63, 3.8) is 0 Å². The van der Waals surface area contributed by atoms with Crippen molar-refractivity contribution < 1.29 is 0 Å². The predicted molar refractivity (Wildman–Crippen MR) is 37.2 cm³/mol. The van der Waals surface area contributed by atoms with Crippen molar-refractivity contribution in [1.82, 2.24) is 0 Å². The van der Waals surface area contributed by atoms with Crippen LogP contribution in [0, 0.1) is 5.92 Å². The minimum absolute atomic E-state index is 0.398. The number of rotatable bonds is 0. The molecular formula is C7H11Cl. The molecule has 0 bridgehead atoms. The number of hydrogen-bond acceptors (Lipinski definition) is 0. The molecule has 1 rings (SSSR count). The topological polar surface area (TPSA) is 0 Å². The van der Waals surface area contributed by atoms with Crippen molar-refractivity contribution in [2.75, 3.05) is 0 Å². The van der Waals surface area contributed by atoms with Gasteiger partial charge in [-0.2, -0.15) is 0 Å². The first-order chi connectivity index (χ1) is 3.79. The number of alkyl halides is 1. The third-order valence-electron chi connectivity index (χ3n) is 1.48. The highest BCUT2D eigenvalue weighted by molar-refractivity contribution is 6.20. The molecular weight excluding hydrogens is 120 g/mol. The van der Waals surface area contributed by atoms with Gasteiger partial charge in [0.25, 0.3) is 0 Å². The van der Waals surface area contributed by atoms with Gasteiger partial charge in [-0.25, -0.2) is 0 Å². The molecule has 1 heteroatoms. The predicted octanol–water partition coefficient (Wildman–Crippen LogP) is 2.58. The molecule has 0 aromatic rings. The van der Waals surface area contributed by atoms with Crippen molar-refractivity contribution in [3.05, 3.63) is 12.2 Å². The van der Waals surface area contributed by atoms with Crippen LogP contribution >= 0.6 is 11.6 Å². The van der Waals surface area contributed by atoms with Gasteiger partial charge in [0.15, 0.2) is 0 Å². The first-order valence-corrected chi connectivity index (χ1v) is 3.53. The Morgan fingerprint density at radius 2 is 2.38 bits per heavy atom. The van der Waals surface area contributed by atoms with Gasteiger partial charge in [0, 0.05) is 5.38 Å². The van der Waals surface area contributed by atoms with Gasteiger partial charge in [0.2, 0.25) is 0 Å². The molecule has 1 aliphatic rings. The lowest BCUT2D eigenvalue weighted by atomic mass is 9.98. The Hall–Kier alpha value is 0.0300. The minimum atomic E-state index is 0.398. The Morgan fingerprint density at radius 3 is 2.75 bits per heavy atom. The largest absolute Gasteiger partial charge is 0.123 e. The van der Waals surface area contributed by atoms with E-state index in [9.17, 15) is 0 Å². The molecule has 0 radical (unpaired) electrons. The molecule has 0 aromatic heterocycles. The van der Waals surface area contributed by atoms with Crippen molar-refractivity contribution in [2.45, 2.75) is 25.1 Å². The Morgan fingerprint density at radius 1 is 1.62 bits per heavy atom. The molecule has 0 aromatic carbocycles. The lowest BCUT2D eigenvalue weighted by Crippen LogP contribution is -2.07. The summed E-state index contributed by atoms with van der Waals surface area (Å²) in [5.41, 5.74) is 0. The number of hydrogen-bond donors (Lipinski definition) is 0. The normalized spacial score (nSPS) is 37.8. The Kier molecular flexibility index (Phi) is 1.95. The number of allylic oxidation sites excluding steroid dienone is 2. The molecule has 8 heavy (non-hydrogen) atoms. The average molecular weight is 131 g/mol. The van der Waals surface area contributed by atoms with E-state index in [1.165, 1.54) is 0 Å². The van der Waals surface area contributed by atoms with E-state index in [0.717, 1.165) is 12.8 Å². The fraction of sp³-hybridized carbons (Fsp3) is 0.714. The minimum Gasteiger partial charge on any atom is -0.123 e. The van der Waals surface area contributed by atoms with E-state index >= 15 is 0 Å². The van der Waals surface area contributed by atoms with Crippen LogP contribution in [0.3, 0.4) is 0 Å². The smallest absolute Gasteiger partial charge is 0.0376 e. The lowest BCUT2D eigenvalue weighted by molar-refractivity contribution is 0.591. The molecule has 0 heterocycles. The molecule has 0 saturated carbocycles. The van der Waals surface area contributed by atoms with Gasteiger partial charge in [0.05, 0.1) is 0 Å². The SMILES string of the molecule is CC1C=CCC(Cl)C1. The van der Waals surface area contributed by atoms with Crippen molar-refractivity contribution in [3.8, 4) is 0 Å². The van der Waals surface area contributed by atoms with Gasteiger partial charge in [0.1, 0.15) is 0 Å². The van der Waals surface area contributed by atoms with Crippen molar-refractivity contribution in [1.29, 1.82) is 0 Å². The molecule has 0 spiro atoms. The molecule has 0 aliphatic heterocycles. The van der Waals surface area contributed by atoms with E-state index in [-0.39, 0.29) is 0 Å². The Labute approximate surface area is 55.5 Å². The van der Waals surface area contributed by atoms with Crippen LogP contribution in [0.2, 0.25) is 0 Å². The van der Waals surface area contributed by atoms with Gasteiger partial charge in [-0.05, 0) is 18.8 Å². The maximum Gasteiger partial charge on any atom is 0.0376 e. The second-order valence-electron chi connectivity index (χ2n) is 2.47. The van der Waals surface area contributed by atoms with E-state index in [1.807, 2.05) is 0 Å². The molecule has 46 valence electrons. The summed E-state index contributed by atoms with van der Waals surface area (Å²) in [6, 6.07) is 0. The molecule has 0 fully saturated rings. The standard InChI is InChI=1S/C7H11Cl/c1-6-3-2-4-7(8)5-6/h2-3,6-7H,4-5H2,1H3. The van der Waals surface area contributed by atoms with Crippen molar-refractivity contribution >= 4 is 11.6 Å². The van der Waals surface area contributed by atoms with E-state index in [0.29, 0.717) is 11.3 Å². The van der Waals surface area contributed by atoms with Gasteiger partial charge in [-0.15, -0.1) is 11.6 Å². The van der Waals surface area contributed by atoms with E-state index in [1.54, 1.807) is 0 Å². The summed E-state index contributed by atoms with van der Waals surface area (Å²) in [6.45, 7) is 2.20. The zero-order chi connectivity index (χ0) is 5.98. The second kappa shape index (κ2) is 2.54. The van der Waals surface area contributed by atoms with Crippen molar-refractivity contribution in [2.24, 2.45) is 5.92 Å². The zero-order valence-electron chi connectivity index (χ0n) is 5.10. The van der Waals surface area contributed by atoms with Crippen LogP contribution in [0.25, 0.3) is 0 Å². The lowest BCUT2D eigenvalue weighted by Gasteiger charge is -2.15. The summed E-state index contributed by atoms with van der Waals surface area (Å²) in [5, 5.41) is 0.398. The molecule has 1 aliphatic carbocycles. The summed E-state index contributed by atoms with van der Waals surface area (Å²) in [6.07, 6.45) is 6.62. The fourth-order valence-electron chi connectivity index (χ4n) is 1.04. The van der Waals surface area contributed by atoms with E-state index < -0.39 is 0 Å². The highest BCUT2D eigenvalue weighted by Crippen LogP contribution is 2.20. The van der Waals surface area contributed by atoms with Crippen LogP contribution in [-0.4, -0.2) is 5.38 Å². The summed E-state index contributed by atoms with van der Waals surface area (Å²) in [7, 11) is 0. The van der Waals surface area contributed by atoms with Crippen LogP contribution in [0.1, 0.15) is 19.8 Å². The highest BCUT2D eigenvalue weighted by Gasteiger charge is 2.10. The van der Waals surface area contributed by atoms with Crippen LogP contribution < -0.4 is 0 Å². The quantitative estimate of drug-likeness (QED) is 0.349. The Balaban J connectivity index is 2.42. The first-order valence-electron chi connectivity index (χ1n) is 3.10. The molecule has 2 unspecified atom stereocenters. The molecule has 0 nitrogen and oxygen atoms in total. The molecule has 0 amide bonds. The second-order valence-corrected chi connectivity index (χ2v) is 3.09. The fourth-order valence-corrected chi connectivity index (χ4v) is 1.42. The maximum absolute atomic E-state index is 5.86. The van der Waals surface area contributed by atoms with Gasteiger partial charge in [-0.3, -0.25) is 0 Å². The monoisotopic (exact) mass is 130 g/mol. The van der Waals surface area contributed by atoms with Gasteiger partial charge in [-0.1, -0.05) is 19.1 Å². The summed E-state index contributed by atoms with van der Waals surface area (Å²) >= 11 is 5.86. The van der Waals surface area contributed by atoms with Gasteiger partial charge >= 0.3 is 0 Å². The first kappa shape index (κ1) is 6.15. The summed E-state index contributed by atoms with van der Waals surface area (Å²) in [4.78, 5) is 0. The average Bonchev–Trinajstić information content (AvgIpc) is 1.64. The Bertz CT molecular complexity index is 96.6. The van der Waals surface area contributed by atoms with Crippen LogP contribution in [-0.2, 0) is 0 Å². The summed E-state index contributed by atoms with van der Waals surface area (Å²) < 4.78 is 0. The van der Waals surface area contributed by atoms with Crippen LogP contribution in [0.4, 0.5) is 0 Å². The molecule has 0 saturated heterocycles. The molecule has 2 atom stereocenters. The highest BCUT2D eigenvalue weighted by atomic mass is 35.5. The number of halogens is 1. The summed E-state index contributed by atoms with van der Waals surface area (Å²) in [5.74, 6) is 0.700. The van der Waals surface area contributed by atoms with E-state index in [4.69, 9.17) is 11.6 Å². The third-order valence-corrected chi connectivity index (χ3v) is 1.84.